The SMILES string of the molecule is CCOC(=O)CCCn1cc(C(=O)c2cccc(NCc3ccc(CC(C)C)cc3)c2)c2ccccc21. The summed E-state index contributed by atoms with van der Waals surface area (Å²) < 4.78 is 7.10. The van der Waals surface area contributed by atoms with E-state index in [2.05, 4.69) is 48.0 Å². The fourth-order valence-electron chi connectivity index (χ4n) is 4.63. The van der Waals surface area contributed by atoms with Crippen molar-refractivity contribution in [3.8, 4) is 0 Å². The van der Waals surface area contributed by atoms with Gasteiger partial charge in [0.25, 0.3) is 0 Å². The van der Waals surface area contributed by atoms with Crippen molar-refractivity contribution in [3.63, 3.8) is 0 Å². The minimum absolute atomic E-state index is 0.0120. The molecule has 37 heavy (non-hydrogen) atoms. The molecule has 0 aliphatic rings. The summed E-state index contributed by atoms with van der Waals surface area (Å²) in [6.07, 6.45) is 4.01. The van der Waals surface area contributed by atoms with Crippen LogP contribution in [0.1, 0.15) is 60.7 Å². The van der Waals surface area contributed by atoms with Crippen LogP contribution in [0.5, 0.6) is 0 Å². The Bertz CT molecular complexity index is 1350. The zero-order chi connectivity index (χ0) is 26.2. The first-order chi connectivity index (χ1) is 17.9. The first-order valence-electron chi connectivity index (χ1n) is 13.1. The quantitative estimate of drug-likeness (QED) is 0.169. The number of benzene rings is 3. The molecule has 5 heteroatoms. The van der Waals surface area contributed by atoms with E-state index in [4.69, 9.17) is 4.74 Å². The molecule has 0 amide bonds. The highest BCUT2D eigenvalue weighted by molar-refractivity contribution is 6.16. The summed E-state index contributed by atoms with van der Waals surface area (Å²) in [5, 5.41) is 4.38. The summed E-state index contributed by atoms with van der Waals surface area (Å²) in [5.41, 5.74) is 5.78. The number of hydrogen-bond acceptors (Lipinski definition) is 4. The fourth-order valence-corrected chi connectivity index (χ4v) is 4.63. The third kappa shape index (κ3) is 6.88. The van der Waals surface area contributed by atoms with Crippen molar-refractivity contribution in [1.29, 1.82) is 0 Å². The van der Waals surface area contributed by atoms with Crippen LogP contribution in [0.15, 0.2) is 79.0 Å². The maximum absolute atomic E-state index is 13.6. The number of para-hydroxylation sites is 1. The predicted octanol–water partition coefficient (Wildman–Crippen LogP) is 7.03. The van der Waals surface area contributed by atoms with Gasteiger partial charge in [0.2, 0.25) is 0 Å². The predicted molar refractivity (Wildman–Crippen MR) is 150 cm³/mol. The Morgan fingerprint density at radius 1 is 0.946 bits per heavy atom. The van der Waals surface area contributed by atoms with Gasteiger partial charge in [-0.3, -0.25) is 9.59 Å². The largest absolute Gasteiger partial charge is 0.466 e. The molecule has 192 valence electrons. The van der Waals surface area contributed by atoms with Crippen LogP contribution < -0.4 is 5.32 Å². The van der Waals surface area contributed by atoms with Crippen molar-refractivity contribution in [2.45, 2.75) is 53.1 Å². The molecule has 0 bridgehead atoms. The highest BCUT2D eigenvalue weighted by Crippen LogP contribution is 2.25. The van der Waals surface area contributed by atoms with Crippen molar-refractivity contribution in [3.05, 3.63) is 101 Å². The molecule has 3 aromatic carbocycles. The second-order valence-electron chi connectivity index (χ2n) is 9.84. The smallest absolute Gasteiger partial charge is 0.305 e. The van der Waals surface area contributed by atoms with Crippen LogP contribution in [0.25, 0.3) is 10.9 Å². The number of nitrogens with one attached hydrogen (secondary N) is 1. The fraction of sp³-hybridized carbons (Fsp3) is 0.312. The first-order valence-corrected chi connectivity index (χ1v) is 13.1. The number of hydrogen-bond donors (Lipinski definition) is 1. The number of ketones is 1. The van der Waals surface area contributed by atoms with Gasteiger partial charge in [-0.1, -0.05) is 68.4 Å². The minimum atomic E-state index is -0.189. The molecule has 0 aliphatic heterocycles. The number of anilines is 1. The lowest BCUT2D eigenvalue weighted by Crippen LogP contribution is -2.06. The number of rotatable bonds is 12. The van der Waals surface area contributed by atoms with Crippen molar-refractivity contribution in [2.24, 2.45) is 5.92 Å². The van der Waals surface area contributed by atoms with Crippen molar-refractivity contribution < 1.29 is 14.3 Å². The van der Waals surface area contributed by atoms with Crippen LogP contribution in [-0.4, -0.2) is 22.9 Å². The van der Waals surface area contributed by atoms with Gasteiger partial charge in [-0.2, -0.15) is 0 Å². The molecule has 1 heterocycles. The molecule has 4 rings (SSSR count). The number of nitrogens with zero attached hydrogens (tertiary/aromatic N) is 1. The standard InChI is InChI=1S/C32H36N2O3/c1-4-37-31(35)13-8-18-34-22-29(28-11-5-6-12-30(28)34)32(36)26-9-7-10-27(20-26)33-21-25-16-14-24(15-17-25)19-23(2)3/h5-7,9-12,14-17,20,22-23,33H,4,8,13,18-19,21H2,1-3H3. The molecule has 0 radical (unpaired) electrons. The summed E-state index contributed by atoms with van der Waals surface area (Å²) in [4.78, 5) is 25.3. The van der Waals surface area contributed by atoms with Gasteiger partial charge < -0.3 is 14.6 Å². The monoisotopic (exact) mass is 496 g/mol. The molecule has 1 aromatic heterocycles. The van der Waals surface area contributed by atoms with Crippen LogP contribution in [0.4, 0.5) is 5.69 Å². The number of aromatic nitrogens is 1. The Labute approximate surface area is 219 Å². The van der Waals surface area contributed by atoms with E-state index in [0.29, 0.717) is 49.6 Å². The van der Waals surface area contributed by atoms with E-state index in [1.807, 2.05) is 61.7 Å². The number of ether oxygens (including phenoxy) is 1. The molecule has 1 N–H and O–H groups in total. The van der Waals surface area contributed by atoms with Gasteiger partial charge in [-0.05, 0) is 55.0 Å². The molecular formula is C32H36N2O3. The second kappa shape index (κ2) is 12.4. The molecule has 5 nitrogen and oxygen atoms in total. The number of esters is 1. The molecule has 0 spiro atoms. The van der Waals surface area contributed by atoms with Gasteiger partial charge in [-0.15, -0.1) is 0 Å². The summed E-state index contributed by atoms with van der Waals surface area (Å²) >= 11 is 0. The Kier molecular flexibility index (Phi) is 8.78. The van der Waals surface area contributed by atoms with E-state index in [-0.39, 0.29) is 11.8 Å². The third-order valence-corrected chi connectivity index (χ3v) is 6.41. The first kappa shape index (κ1) is 26.2. The highest BCUT2D eigenvalue weighted by atomic mass is 16.5. The maximum Gasteiger partial charge on any atom is 0.305 e. The summed E-state index contributed by atoms with van der Waals surface area (Å²) in [6.45, 7) is 8.00. The van der Waals surface area contributed by atoms with Gasteiger partial charge in [-0.25, -0.2) is 0 Å². The Balaban J connectivity index is 1.46. The van der Waals surface area contributed by atoms with E-state index >= 15 is 0 Å². The molecule has 4 aromatic rings. The van der Waals surface area contributed by atoms with Gasteiger partial charge >= 0.3 is 5.97 Å². The highest BCUT2D eigenvalue weighted by Gasteiger charge is 2.17. The molecule has 0 atom stereocenters. The number of carbonyl (C=O) groups excluding carboxylic acids is 2. The lowest BCUT2D eigenvalue weighted by atomic mass is 10.0. The third-order valence-electron chi connectivity index (χ3n) is 6.41. The number of carbonyl (C=O) groups is 2. The van der Waals surface area contributed by atoms with Crippen molar-refractivity contribution >= 4 is 28.3 Å². The van der Waals surface area contributed by atoms with E-state index in [1.54, 1.807) is 0 Å². The van der Waals surface area contributed by atoms with Gasteiger partial charge in [0.15, 0.2) is 5.78 Å². The Hall–Kier alpha value is -3.86. The normalized spacial score (nSPS) is 11.1. The van der Waals surface area contributed by atoms with Crippen LogP contribution in [0.2, 0.25) is 0 Å². The minimum Gasteiger partial charge on any atom is -0.466 e. The van der Waals surface area contributed by atoms with E-state index < -0.39 is 0 Å². The lowest BCUT2D eigenvalue weighted by Gasteiger charge is -2.10. The van der Waals surface area contributed by atoms with E-state index in [9.17, 15) is 9.59 Å². The maximum atomic E-state index is 13.6. The summed E-state index contributed by atoms with van der Waals surface area (Å²) in [7, 11) is 0. The van der Waals surface area contributed by atoms with Crippen LogP contribution in [0.3, 0.4) is 0 Å². The lowest BCUT2D eigenvalue weighted by molar-refractivity contribution is -0.143. The molecular weight excluding hydrogens is 460 g/mol. The molecule has 0 saturated heterocycles. The van der Waals surface area contributed by atoms with Crippen molar-refractivity contribution in [1.82, 2.24) is 4.57 Å². The van der Waals surface area contributed by atoms with Gasteiger partial charge in [0.05, 0.1) is 6.61 Å². The van der Waals surface area contributed by atoms with Crippen LogP contribution >= 0.6 is 0 Å². The summed E-state index contributed by atoms with van der Waals surface area (Å²) in [5.74, 6) is 0.441. The average Bonchev–Trinajstić information content (AvgIpc) is 3.26. The zero-order valence-corrected chi connectivity index (χ0v) is 22.0. The second-order valence-corrected chi connectivity index (χ2v) is 9.84. The van der Waals surface area contributed by atoms with Crippen molar-refractivity contribution in [2.75, 3.05) is 11.9 Å². The molecule has 0 aliphatic carbocycles. The molecule has 0 fully saturated rings. The number of fused-ring (bicyclic) bond motifs is 1. The van der Waals surface area contributed by atoms with Crippen LogP contribution in [0, 0.1) is 5.92 Å². The van der Waals surface area contributed by atoms with E-state index in [1.165, 1.54) is 11.1 Å². The van der Waals surface area contributed by atoms with E-state index in [0.717, 1.165) is 23.0 Å². The zero-order valence-electron chi connectivity index (χ0n) is 22.0. The van der Waals surface area contributed by atoms with Gasteiger partial charge in [0, 0.05) is 53.4 Å². The van der Waals surface area contributed by atoms with Gasteiger partial charge in [0.1, 0.15) is 0 Å². The Morgan fingerprint density at radius 3 is 2.46 bits per heavy atom. The Morgan fingerprint density at radius 2 is 1.70 bits per heavy atom. The average molecular weight is 497 g/mol. The summed E-state index contributed by atoms with van der Waals surface area (Å²) in [6, 6.07) is 24.3. The molecule has 0 unspecified atom stereocenters. The topological polar surface area (TPSA) is 60.3 Å². The number of aryl methyl sites for hydroxylation is 1. The molecule has 0 saturated carbocycles. The van der Waals surface area contributed by atoms with Crippen LogP contribution in [-0.2, 0) is 29.0 Å².